The maximum absolute atomic E-state index is 13.0. The van der Waals surface area contributed by atoms with Gasteiger partial charge in [0, 0.05) is 29.2 Å². The van der Waals surface area contributed by atoms with Gasteiger partial charge in [-0.25, -0.2) is 4.79 Å². The zero-order valence-corrected chi connectivity index (χ0v) is 17.4. The van der Waals surface area contributed by atoms with E-state index in [0.717, 1.165) is 17.0 Å². The molecule has 2 aromatic heterocycles. The van der Waals surface area contributed by atoms with E-state index in [1.54, 1.807) is 26.0 Å². The van der Waals surface area contributed by atoms with Crippen molar-refractivity contribution in [2.75, 3.05) is 13.7 Å². The number of aliphatic imine (C=N–C) groups is 1. The summed E-state index contributed by atoms with van der Waals surface area (Å²) in [5, 5.41) is 0. The zero-order valence-electron chi connectivity index (χ0n) is 17.4. The first-order valence-electron chi connectivity index (χ1n) is 9.52. The molecule has 0 saturated heterocycles. The van der Waals surface area contributed by atoms with Crippen LogP contribution in [0, 0.1) is 19.8 Å². The Hall–Kier alpha value is -3.09. The second-order valence-corrected chi connectivity index (χ2v) is 7.23. The number of hydrogen-bond donors (Lipinski definition) is 1. The van der Waals surface area contributed by atoms with Gasteiger partial charge in [0.25, 0.3) is 0 Å². The van der Waals surface area contributed by atoms with Gasteiger partial charge >= 0.3 is 11.9 Å². The number of aromatic amines is 1. The fraction of sp³-hybridized carbons (Fsp3) is 0.409. The van der Waals surface area contributed by atoms with Gasteiger partial charge in [-0.2, -0.15) is 0 Å². The quantitative estimate of drug-likeness (QED) is 0.750. The highest BCUT2D eigenvalue weighted by atomic mass is 16.5. The molecule has 0 radical (unpaired) electrons. The van der Waals surface area contributed by atoms with Crippen molar-refractivity contribution in [3.8, 4) is 0 Å². The number of allylic oxidation sites excluding steroid dienone is 1. The van der Waals surface area contributed by atoms with Crippen molar-refractivity contribution in [2.24, 2.45) is 10.9 Å². The highest BCUT2D eigenvalue weighted by Gasteiger charge is 2.43. The summed E-state index contributed by atoms with van der Waals surface area (Å²) in [7, 11) is 1.32. The van der Waals surface area contributed by atoms with E-state index in [1.165, 1.54) is 13.4 Å². The molecular weight excluding hydrogens is 372 g/mol. The summed E-state index contributed by atoms with van der Waals surface area (Å²) in [5.41, 5.74) is 4.65. The number of hydrogen-bond acceptors (Lipinski definition) is 6. The lowest BCUT2D eigenvalue weighted by atomic mass is 9.78. The summed E-state index contributed by atoms with van der Waals surface area (Å²) in [5.74, 6) is -1.86. The number of carbonyl (C=O) groups excluding carboxylic acids is 2. The summed E-state index contributed by atoms with van der Waals surface area (Å²) in [6.45, 7) is 7.69. The molecule has 3 heterocycles. The average molecular weight is 398 g/mol. The number of methoxy groups -OCH3 is 1. The molecule has 154 valence electrons. The largest absolute Gasteiger partial charge is 0.469 e. The first-order chi connectivity index (χ1) is 13.8. The van der Waals surface area contributed by atoms with Gasteiger partial charge in [0.15, 0.2) is 0 Å². The van der Waals surface area contributed by atoms with Crippen molar-refractivity contribution in [1.29, 1.82) is 0 Å². The van der Waals surface area contributed by atoms with Crippen LogP contribution in [-0.4, -0.2) is 36.4 Å². The van der Waals surface area contributed by atoms with Crippen molar-refractivity contribution in [3.05, 3.63) is 58.4 Å². The van der Waals surface area contributed by atoms with Crippen LogP contribution in [0.3, 0.4) is 0 Å². The molecular formula is C22H26N2O5. The maximum Gasteiger partial charge on any atom is 0.336 e. The molecule has 7 heteroatoms. The van der Waals surface area contributed by atoms with Crippen molar-refractivity contribution >= 4 is 17.7 Å². The first-order valence-corrected chi connectivity index (χ1v) is 9.52. The van der Waals surface area contributed by atoms with Gasteiger partial charge < -0.3 is 18.9 Å². The Morgan fingerprint density at radius 3 is 2.59 bits per heavy atom. The lowest BCUT2D eigenvalue weighted by molar-refractivity contribution is -0.144. The van der Waals surface area contributed by atoms with Crippen LogP contribution in [0.1, 0.15) is 42.5 Å². The Kier molecular flexibility index (Phi) is 6.06. The monoisotopic (exact) mass is 398 g/mol. The van der Waals surface area contributed by atoms with Crippen LogP contribution in [0.4, 0.5) is 0 Å². The van der Waals surface area contributed by atoms with Crippen LogP contribution in [-0.2, 0) is 25.5 Å². The molecule has 0 amide bonds. The number of aromatic nitrogens is 1. The lowest BCUT2D eigenvalue weighted by Crippen LogP contribution is -2.36. The normalized spacial score (nSPS) is 19.1. The number of esters is 2. The molecule has 3 rings (SSSR count). The predicted octanol–water partition coefficient (Wildman–Crippen LogP) is 3.63. The summed E-state index contributed by atoms with van der Waals surface area (Å²) >= 11 is 0. The smallest absolute Gasteiger partial charge is 0.336 e. The van der Waals surface area contributed by atoms with Crippen molar-refractivity contribution in [2.45, 2.75) is 40.0 Å². The Morgan fingerprint density at radius 1 is 1.24 bits per heavy atom. The molecule has 1 aliphatic heterocycles. The molecule has 2 aromatic rings. The minimum absolute atomic E-state index is 0.226. The van der Waals surface area contributed by atoms with E-state index in [9.17, 15) is 9.59 Å². The lowest BCUT2D eigenvalue weighted by Gasteiger charge is -2.29. The number of furan rings is 1. The summed E-state index contributed by atoms with van der Waals surface area (Å²) in [6.07, 6.45) is 2.11. The van der Waals surface area contributed by atoms with Crippen LogP contribution in [0.5, 0.6) is 0 Å². The van der Waals surface area contributed by atoms with Gasteiger partial charge in [-0.3, -0.25) is 9.79 Å². The van der Waals surface area contributed by atoms with Gasteiger partial charge in [0.1, 0.15) is 11.7 Å². The van der Waals surface area contributed by atoms with Gasteiger partial charge in [0.05, 0.1) is 31.5 Å². The Bertz CT molecular complexity index is 965. The molecule has 2 unspecified atom stereocenters. The van der Waals surface area contributed by atoms with Gasteiger partial charge in [0.2, 0.25) is 0 Å². The molecule has 0 fully saturated rings. The highest BCUT2D eigenvalue weighted by Crippen LogP contribution is 2.40. The number of carbonyl (C=O) groups is 2. The molecule has 0 aromatic carbocycles. The molecule has 0 bridgehead atoms. The number of ether oxygens (including phenoxy) is 2. The van der Waals surface area contributed by atoms with E-state index < -0.39 is 23.8 Å². The summed E-state index contributed by atoms with van der Waals surface area (Å²) in [4.78, 5) is 33.1. The molecule has 1 aliphatic rings. The molecule has 2 atom stereocenters. The van der Waals surface area contributed by atoms with Crippen molar-refractivity contribution in [3.63, 3.8) is 0 Å². The second kappa shape index (κ2) is 8.51. The Balaban J connectivity index is 1.85. The second-order valence-electron chi connectivity index (χ2n) is 7.23. The van der Waals surface area contributed by atoms with Crippen molar-refractivity contribution in [1.82, 2.24) is 4.98 Å². The number of nitrogens with zero attached hydrogens (tertiary/aromatic N) is 1. The number of aryl methyl sites for hydroxylation is 2. The molecule has 29 heavy (non-hydrogen) atoms. The standard InChI is InChI=1S/C22H26N2O5/c1-12-11-16(13(2)23-12)8-10-29-22(26)19-15(4)24-14(3)18(21(25)27-5)20(19)17-7-6-9-28-17/h6-7,9,11,18,20,23H,8,10H2,1-5H3. The number of rotatable bonds is 6. The molecule has 0 saturated carbocycles. The number of nitrogens with one attached hydrogen (secondary N) is 1. The van der Waals surface area contributed by atoms with E-state index in [4.69, 9.17) is 13.9 Å². The zero-order chi connectivity index (χ0) is 21.1. The number of H-pyrrole nitrogens is 1. The summed E-state index contributed by atoms with van der Waals surface area (Å²) in [6, 6.07) is 5.51. The highest BCUT2D eigenvalue weighted by molar-refractivity contribution is 6.06. The van der Waals surface area contributed by atoms with E-state index in [-0.39, 0.29) is 6.61 Å². The van der Waals surface area contributed by atoms with Crippen LogP contribution < -0.4 is 0 Å². The van der Waals surface area contributed by atoms with Gasteiger partial charge in [-0.05, 0) is 51.5 Å². The van der Waals surface area contributed by atoms with Gasteiger partial charge in [-0.15, -0.1) is 0 Å². The summed E-state index contributed by atoms with van der Waals surface area (Å²) < 4.78 is 16.1. The van der Waals surface area contributed by atoms with E-state index in [2.05, 4.69) is 9.98 Å². The first kappa shape index (κ1) is 20.6. The van der Waals surface area contributed by atoms with Crippen LogP contribution in [0.15, 0.2) is 45.1 Å². The topological polar surface area (TPSA) is 93.9 Å². The third-order valence-corrected chi connectivity index (χ3v) is 5.21. The molecule has 1 N–H and O–H groups in total. The van der Waals surface area contributed by atoms with E-state index >= 15 is 0 Å². The minimum atomic E-state index is -0.744. The van der Waals surface area contributed by atoms with Crippen LogP contribution in [0.2, 0.25) is 0 Å². The van der Waals surface area contributed by atoms with Crippen LogP contribution in [0.25, 0.3) is 0 Å². The maximum atomic E-state index is 13.0. The average Bonchev–Trinajstić information content (AvgIpc) is 3.30. The minimum Gasteiger partial charge on any atom is -0.469 e. The fourth-order valence-corrected chi connectivity index (χ4v) is 3.88. The van der Waals surface area contributed by atoms with Gasteiger partial charge in [-0.1, -0.05) is 0 Å². The van der Waals surface area contributed by atoms with E-state index in [0.29, 0.717) is 29.2 Å². The SMILES string of the molecule is COC(=O)C1C(C)=NC(C)=C(C(=O)OCCc2cc(C)[nH]c2C)C1c1ccco1. The molecule has 7 nitrogen and oxygen atoms in total. The van der Waals surface area contributed by atoms with E-state index in [1.807, 2.05) is 19.9 Å². The third-order valence-electron chi connectivity index (χ3n) is 5.21. The molecule has 0 spiro atoms. The molecule has 0 aliphatic carbocycles. The Labute approximate surface area is 169 Å². The third kappa shape index (κ3) is 4.18. The van der Waals surface area contributed by atoms with Crippen LogP contribution >= 0.6 is 0 Å². The fourth-order valence-electron chi connectivity index (χ4n) is 3.88. The van der Waals surface area contributed by atoms with Crippen molar-refractivity contribution < 1.29 is 23.5 Å². The Morgan fingerprint density at radius 2 is 2.00 bits per heavy atom. The predicted molar refractivity (Wildman–Crippen MR) is 108 cm³/mol.